The summed E-state index contributed by atoms with van der Waals surface area (Å²) in [6.45, 7) is 3.05. The van der Waals surface area contributed by atoms with Crippen LogP contribution < -0.4 is 5.73 Å². The minimum atomic E-state index is -0.205. The Kier molecular flexibility index (Phi) is 6.35. The van der Waals surface area contributed by atoms with Crippen LogP contribution in [0.3, 0.4) is 0 Å². The van der Waals surface area contributed by atoms with E-state index in [1.54, 1.807) is 18.1 Å². The molecule has 3 N–H and O–H groups in total. The number of unbranched alkanes of at least 4 members (excludes halogenated alkanes) is 3. The molecule has 0 saturated heterocycles. The number of aromatic nitrogens is 2. The first-order chi connectivity index (χ1) is 9.10. The average Bonchev–Trinajstić information content (AvgIpc) is 2.71. The molecule has 1 heterocycles. The maximum atomic E-state index is 12.3. The quantitative estimate of drug-likeness (QED) is 0.689. The number of nitrogens with two attached hydrogens (primary N) is 1. The van der Waals surface area contributed by atoms with E-state index in [4.69, 9.17) is 10.8 Å². The van der Waals surface area contributed by atoms with Crippen molar-refractivity contribution < 1.29 is 9.90 Å². The summed E-state index contributed by atoms with van der Waals surface area (Å²) < 4.78 is 1.52. The van der Waals surface area contributed by atoms with Crippen LogP contribution in [0.4, 0.5) is 5.69 Å². The van der Waals surface area contributed by atoms with Crippen molar-refractivity contribution in [2.24, 2.45) is 7.05 Å². The lowest BCUT2D eigenvalue weighted by Crippen LogP contribution is -2.35. The number of hydrogen-bond donors (Lipinski definition) is 2. The monoisotopic (exact) mass is 268 g/mol. The first-order valence-corrected chi connectivity index (χ1v) is 6.79. The van der Waals surface area contributed by atoms with Crippen LogP contribution >= 0.6 is 0 Å². The van der Waals surface area contributed by atoms with Crippen molar-refractivity contribution in [3.8, 4) is 0 Å². The molecule has 0 aromatic carbocycles. The Balaban J connectivity index is 2.64. The number of aryl methyl sites for hydroxylation is 1. The number of carbonyl (C=O) groups is 1. The van der Waals surface area contributed by atoms with Crippen molar-refractivity contribution in [3.05, 3.63) is 11.9 Å². The molecule has 0 aliphatic carbocycles. The fourth-order valence-corrected chi connectivity index (χ4v) is 1.99. The smallest absolute Gasteiger partial charge is 0.276 e. The molecule has 1 amide bonds. The number of anilines is 1. The second kappa shape index (κ2) is 7.78. The molecule has 0 aliphatic rings. The summed E-state index contributed by atoms with van der Waals surface area (Å²) in [6.07, 6.45) is 5.95. The average molecular weight is 268 g/mol. The van der Waals surface area contributed by atoms with Crippen LogP contribution in [-0.2, 0) is 7.05 Å². The summed E-state index contributed by atoms with van der Waals surface area (Å²) in [5.41, 5.74) is 6.41. The number of amides is 1. The SMILES string of the molecule is CCCCCCN(CCO)C(=O)c1nn(C)cc1N. The number of nitrogens with zero attached hydrogens (tertiary/aromatic N) is 3. The van der Waals surface area contributed by atoms with E-state index >= 15 is 0 Å². The van der Waals surface area contributed by atoms with Gasteiger partial charge in [0.15, 0.2) is 5.69 Å². The lowest BCUT2D eigenvalue weighted by atomic mass is 10.2. The van der Waals surface area contributed by atoms with Crippen LogP contribution in [0.1, 0.15) is 43.1 Å². The molecular formula is C13H24N4O2. The van der Waals surface area contributed by atoms with Gasteiger partial charge in [0.05, 0.1) is 12.3 Å². The number of aliphatic hydroxyl groups excluding tert-OH is 1. The molecule has 6 heteroatoms. The Labute approximate surface area is 114 Å². The molecule has 1 aromatic rings. The molecule has 0 unspecified atom stereocenters. The van der Waals surface area contributed by atoms with E-state index in [2.05, 4.69) is 12.0 Å². The Bertz CT molecular complexity index is 403. The van der Waals surface area contributed by atoms with E-state index in [1.807, 2.05) is 0 Å². The Morgan fingerprint density at radius 3 is 2.68 bits per heavy atom. The molecule has 0 radical (unpaired) electrons. The fourth-order valence-electron chi connectivity index (χ4n) is 1.99. The summed E-state index contributed by atoms with van der Waals surface area (Å²) in [6, 6.07) is 0. The van der Waals surface area contributed by atoms with Gasteiger partial charge in [-0.15, -0.1) is 0 Å². The van der Waals surface area contributed by atoms with Crippen LogP contribution in [0.15, 0.2) is 6.20 Å². The highest BCUT2D eigenvalue weighted by molar-refractivity contribution is 5.97. The molecular weight excluding hydrogens is 244 g/mol. The summed E-state index contributed by atoms with van der Waals surface area (Å²) in [5.74, 6) is -0.205. The topological polar surface area (TPSA) is 84.4 Å². The molecule has 0 atom stereocenters. The normalized spacial score (nSPS) is 10.7. The number of hydrogen-bond acceptors (Lipinski definition) is 4. The molecule has 19 heavy (non-hydrogen) atoms. The molecule has 0 aliphatic heterocycles. The van der Waals surface area contributed by atoms with Crippen LogP contribution in [0.5, 0.6) is 0 Å². The first kappa shape index (κ1) is 15.5. The highest BCUT2D eigenvalue weighted by Gasteiger charge is 2.20. The van der Waals surface area contributed by atoms with Gasteiger partial charge in [-0.3, -0.25) is 9.48 Å². The van der Waals surface area contributed by atoms with Crippen LogP contribution in [0, 0.1) is 0 Å². The summed E-state index contributed by atoms with van der Waals surface area (Å²) >= 11 is 0. The fraction of sp³-hybridized carbons (Fsp3) is 0.692. The Morgan fingerprint density at radius 2 is 2.16 bits per heavy atom. The maximum Gasteiger partial charge on any atom is 0.276 e. The van der Waals surface area contributed by atoms with Crippen molar-refractivity contribution in [1.82, 2.24) is 14.7 Å². The van der Waals surface area contributed by atoms with Gasteiger partial charge >= 0.3 is 0 Å². The zero-order valence-electron chi connectivity index (χ0n) is 11.8. The van der Waals surface area contributed by atoms with Gasteiger partial charge in [-0.1, -0.05) is 26.2 Å². The van der Waals surface area contributed by atoms with Gasteiger partial charge in [-0.25, -0.2) is 0 Å². The summed E-state index contributed by atoms with van der Waals surface area (Å²) in [4.78, 5) is 13.9. The maximum absolute atomic E-state index is 12.3. The Morgan fingerprint density at radius 1 is 1.42 bits per heavy atom. The van der Waals surface area contributed by atoms with Crippen molar-refractivity contribution in [1.29, 1.82) is 0 Å². The van der Waals surface area contributed by atoms with Gasteiger partial charge in [0.1, 0.15) is 0 Å². The van der Waals surface area contributed by atoms with Gasteiger partial charge < -0.3 is 15.7 Å². The lowest BCUT2D eigenvalue weighted by Gasteiger charge is -2.20. The molecule has 1 rings (SSSR count). The zero-order chi connectivity index (χ0) is 14.3. The molecule has 0 bridgehead atoms. The van der Waals surface area contributed by atoms with Gasteiger partial charge in [0, 0.05) is 26.3 Å². The number of carbonyl (C=O) groups excluding carboxylic acids is 1. The minimum absolute atomic E-state index is 0.0493. The van der Waals surface area contributed by atoms with E-state index in [-0.39, 0.29) is 18.2 Å². The molecule has 0 saturated carbocycles. The van der Waals surface area contributed by atoms with Gasteiger partial charge in [0.2, 0.25) is 0 Å². The molecule has 108 valence electrons. The van der Waals surface area contributed by atoms with E-state index in [0.717, 1.165) is 25.7 Å². The summed E-state index contributed by atoms with van der Waals surface area (Å²) in [5, 5.41) is 13.1. The van der Waals surface area contributed by atoms with Crippen LogP contribution in [0.25, 0.3) is 0 Å². The second-order valence-electron chi connectivity index (χ2n) is 4.68. The van der Waals surface area contributed by atoms with Gasteiger partial charge in [0.25, 0.3) is 5.91 Å². The number of aliphatic hydroxyl groups is 1. The predicted molar refractivity (Wildman–Crippen MR) is 74.8 cm³/mol. The third kappa shape index (κ3) is 4.55. The third-order valence-corrected chi connectivity index (χ3v) is 3.00. The zero-order valence-corrected chi connectivity index (χ0v) is 11.8. The molecule has 0 spiro atoms. The standard InChI is InChI=1S/C13H24N4O2/c1-3-4-5-6-7-17(8-9-18)13(19)12-11(14)10-16(2)15-12/h10,18H,3-9,14H2,1-2H3. The number of nitrogen functional groups attached to an aromatic ring is 1. The van der Waals surface area contributed by atoms with E-state index in [9.17, 15) is 4.79 Å². The van der Waals surface area contributed by atoms with Crippen LogP contribution in [0.2, 0.25) is 0 Å². The van der Waals surface area contributed by atoms with E-state index < -0.39 is 0 Å². The van der Waals surface area contributed by atoms with Crippen molar-refractivity contribution in [2.75, 3.05) is 25.4 Å². The Hall–Kier alpha value is -1.56. The summed E-state index contributed by atoms with van der Waals surface area (Å²) in [7, 11) is 1.73. The first-order valence-electron chi connectivity index (χ1n) is 6.79. The minimum Gasteiger partial charge on any atom is -0.396 e. The van der Waals surface area contributed by atoms with Gasteiger partial charge in [-0.2, -0.15) is 5.10 Å². The van der Waals surface area contributed by atoms with E-state index in [0.29, 0.717) is 18.8 Å². The highest BCUT2D eigenvalue weighted by Crippen LogP contribution is 2.12. The molecule has 0 fully saturated rings. The van der Waals surface area contributed by atoms with Crippen molar-refractivity contribution in [3.63, 3.8) is 0 Å². The van der Waals surface area contributed by atoms with Crippen LogP contribution in [-0.4, -0.2) is 45.4 Å². The van der Waals surface area contributed by atoms with Crippen molar-refractivity contribution in [2.45, 2.75) is 32.6 Å². The second-order valence-corrected chi connectivity index (χ2v) is 4.68. The largest absolute Gasteiger partial charge is 0.396 e. The molecule has 1 aromatic heterocycles. The van der Waals surface area contributed by atoms with E-state index in [1.165, 1.54) is 4.68 Å². The van der Waals surface area contributed by atoms with Gasteiger partial charge in [-0.05, 0) is 6.42 Å². The van der Waals surface area contributed by atoms with Crippen molar-refractivity contribution >= 4 is 11.6 Å². The highest BCUT2D eigenvalue weighted by atomic mass is 16.3. The molecule has 6 nitrogen and oxygen atoms in total. The predicted octanol–water partition coefficient (Wildman–Crippen LogP) is 1.02. The lowest BCUT2D eigenvalue weighted by molar-refractivity contribution is 0.0713. The number of rotatable bonds is 8. The third-order valence-electron chi connectivity index (χ3n) is 3.00.